The fourth-order valence-electron chi connectivity index (χ4n) is 1.59. The molecule has 1 atom stereocenters. The van der Waals surface area contributed by atoms with Gasteiger partial charge >= 0.3 is 0 Å². The van der Waals surface area contributed by atoms with Crippen LogP contribution in [0.3, 0.4) is 0 Å². The topological polar surface area (TPSA) is 63.8 Å². The summed E-state index contributed by atoms with van der Waals surface area (Å²) in [4.78, 5) is 8.67. The maximum Gasteiger partial charge on any atom is 0.149 e. The Morgan fingerprint density at radius 3 is 2.76 bits per heavy atom. The molecule has 1 unspecified atom stereocenters. The summed E-state index contributed by atoms with van der Waals surface area (Å²) in [5.74, 6) is 0.711. The molecule has 0 amide bonds. The molecule has 2 aromatic heterocycles. The second kappa shape index (κ2) is 4.82. The van der Waals surface area contributed by atoms with E-state index in [1.165, 1.54) is 0 Å². The third-order valence-electron chi connectivity index (χ3n) is 2.55. The number of pyridine rings is 2. The highest BCUT2D eigenvalue weighted by atomic mass is 15.0. The Balaban J connectivity index is 2.18. The van der Waals surface area contributed by atoms with Gasteiger partial charge in [0.1, 0.15) is 5.82 Å². The summed E-state index contributed by atoms with van der Waals surface area (Å²) < 4.78 is 0. The number of nitrogen functional groups attached to an aromatic ring is 1. The molecule has 3 N–H and O–H groups in total. The summed E-state index contributed by atoms with van der Waals surface area (Å²) >= 11 is 0. The molecule has 0 aliphatic carbocycles. The van der Waals surface area contributed by atoms with Gasteiger partial charge in [-0.25, -0.2) is 4.98 Å². The molecule has 0 saturated carbocycles. The Morgan fingerprint density at radius 2 is 2.06 bits per heavy atom. The summed E-state index contributed by atoms with van der Waals surface area (Å²) in [5.41, 5.74) is 8.43. The van der Waals surface area contributed by atoms with Gasteiger partial charge in [0.25, 0.3) is 0 Å². The van der Waals surface area contributed by atoms with Crippen molar-refractivity contribution in [2.24, 2.45) is 0 Å². The minimum absolute atomic E-state index is 0.0767. The fourth-order valence-corrected chi connectivity index (χ4v) is 1.59. The van der Waals surface area contributed by atoms with E-state index in [-0.39, 0.29) is 6.04 Å². The molecule has 0 aliphatic rings. The van der Waals surface area contributed by atoms with E-state index in [1.807, 2.05) is 44.2 Å². The van der Waals surface area contributed by atoms with Crippen molar-refractivity contribution in [3.63, 3.8) is 0 Å². The van der Waals surface area contributed by atoms with Crippen molar-refractivity contribution in [2.45, 2.75) is 19.9 Å². The molecule has 2 heterocycles. The number of aryl methyl sites for hydroxylation is 1. The van der Waals surface area contributed by atoms with Crippen LogP contribution in [0.25, 0.3) is 0 Å². The first kappa shape index (κ1) is 11.4. The first-order valence-electron chi connectivity index (χ1n) is 5.57. The standard InChI is InChI=1S/C13H16N4/c1-9-6-7-11(14)13(16-9)17-10(2)12-5-3-4-8-15-12/h3-8,10H,14H2,1-2H3,(H,16,17). The van der Waals surface area contributed by atoms with Gasteiger partial charge in [0.2, 0.25) is 0 Å². The first-order valence-corrected chi connectivity index (χ1v) is 5.57. The van der Waals surface area contributed by atoms with E-state index in [0.29, 0.717) is 11.5 Å². The molecule has 4 heteroatoms. The van der Waals surface area contributed by atoms with Gasteiger partial charge in [0.05, 0.1) is 17.4 Å². The maximum absolute atomic E-state index is 5.87. The molecule has 0 spiro atoms. The van der Waals surface area contributed by atoms with E-state index < -0.39 is 0 Å². The molecule has 0 aromatic carbocycles. The maximum atomic E-state index is 5.87. The van der Waals surface area contributed by atoms with E-state index in [1.54, 1.807) is 6.20 Å². The molecule has 0 aliphatic heterocycles. The molecular formula is C13H16N4. The number of aromatic nitrogens is 2. The van der Waals surface area contributed by atoms with Gasteiger partial charge in [-0.2, -0.15) is 0 Å². The molecule has 0 saturated heterocycles. The summed E-state index contributed by atoms with van der Waals surface area (Å²) in [5, 5.41) is 3.27. The molecule has 17 heavy (non-hydrogen) atoms. The number of nitrogens with two attached hydrogens (primary N) is 1. The third-order valence-corrected chi connectivity index (χ3v) is 2.55. The van der Waals surface area contributed by atoms with E-state index in [9.17, 15) is 0 Å². The van der Waals surface area contributed by atoms with Crippen LogP contribution in [0.5, 0.6) is 0 Å². The Bertz CT molecular complexity index is 496. The highest BCUT2D eigenvalue weighted by Gasteiger charge is 2.08. The Kier molecular flexibility index (Phi) is 3.23. The van der Waals surface area contributed by atoms with Crippen LogP contribution < -0.4 is 11.1 Å². The van der Waals surface area contributed by atoms with Gasteiger partial charge in [0, 0.05) is 11.9 Å². The first-order chi connectivity index (χ1) is 8.16. The Labute approximate surface area is 101 Å². The molecule has 88 valence electrons. The van der Waals surface area contributed by atoms with Gasteiger partial charge in [-0.1, -0.05) is 6.07 Å². The van der Waals surface area contributed by atoms with Crippen molar-refractivity contribution in [3.05, 3.63) is 47.9 Å². The average molecular weight is 228 g/mol. The third kappa shape index (κ3) is 2.72. The van der Waals surface area contributed by atoms with Gasteiger partial charge in [-0.15, -0.1) is 0 Å². The fraction of sp³-hybridized carbons (Fsp3) is 0.231. The van der Waals surface area contributed by atoms with Crippen LogP contribution in [0.15, 0.2) is 36.5 Å². The number of rotatable bonds is 3. The number of nitrogens with one attached hydrogen (secondary N) is 1. The van der Waals surface area contributed by atoms with Gasteiger partial charge in [-0.3, -0.25) is 4.98 Å². The van der Waals surface area contributed by atoms with E-state index in [0.717, 1.165) is 11.4 Å². The lowest BCUT2D eigenvalue weighted by atomic mass is 10.2. The van der Waals surface area contributed by atoms with E-state index in [2.05, 4.69) is 15.3 Å². The monoisotopic (exact) mass is 228 g/mol. The van der Waals surface area contributed by atoms with Crippen LogP contribution >= 0.6 is 0 Å². The number of nitrogens with zero attached hydrogens (tertiary/aromatic N) is 2. The lowest BCUT2D eigenvalue weighted by Crippen LogP contribution is -2.11. The van der Waals surface area contributed by atoms with Crippen LogP contribution in [0.2, 0.25) is 0 Å². The van der Waals surface area contributed by atoms with Crippen LogP contribution in [-0.2, 0) is 0 Å². The molecule has 2 aromatic rings. The highest BCUT2D eigenvalue weighted by molar-refractivity contribution is 5.61. The van der Waals surface area contributed by atoms with Crippen LogP contribution in [0.1, 0.15) is 24.4 Å². The van der Waals surface area contributed by atoms with Crippen molar-refractivity contribution in [1.82, 2.24) is 9.97 Å². The van der Waals surface area contributed by atoms with Crippen molar-refractivity contribution >= 4 is 11.5 Å². The van der Waals surface area contributed by atoms with Crippen molar-refractivity contribution in [1.29, 1.82) is 0 Å². The Hall–Kier alpha value is -2.10. The van der Waals surface area contributed by atoms with Crippen molar-refractivity contribution in [3.8, 4) is 0 Å². The highest BCUT2D eigenvalue weighted by Crippen LogP contribution is 2.21. The predicted octanol–water partition coefficient (Wildman–Crippen LogP) is 2.54. The second-order valence-corrected chi connectivity index (χ2v) is 4.01. The minimum Gasteiger partial charge on any atom is -0.396 e. The minimum atomic E-state index is 0.0767. The van der Waals surface area contributed by atoms with Crippen LogP contribution in [0.4, 0.5) is 11.5 Å². The number of hydrogen-bond donors (Lipinski definition) is 2. The summed E-state index contributed by atoms with van der Waals surface area (Å²) in [7, 11) is 0. The number of hydrogen-bond acceptors (Lipinski definition) is 4. The number of anilines is 2. The summed E-state index contributed by atoms with van der Waals surface area (Å²) in [6.45, 7) is 3.97. The lowest BCUT2D eigenvalue weighted by Gasteiger charge is -2.15. The average Bonchev–Trinajstić information content (AvgIpc) is 2.35. The molecule has 0 fully saturated rings. The summed E-state index contributed by atoms with van der Waals surface area (Å²) in [6, 6.07) is 9.67. The van der Waals surface area contributed by atoms with Gasteiger partial charge < -0.3 is 11.1 Å². The van der Waals surface area contributed by atoms with Crippen LogP contribution in [0, 0.1) is 6.92 Å². The van der Waals surface area contributed by atoms with Crippen molar-refractivity contribution in [2.75, 3.05) is 11.1 Å². The molecule has 2 rings (SSSR count). The zero-order valence-electron chi connectivity index (χ0n) is 10.0. The molecule has 0 bridgehead atoms. The smallest absolute Gasteiger partial charge is 0.149 e. The predicted molar refractivity (Wildman–Crippen MR) is 69.7 cm³/mol. The van der Waals surface area contributed by atoms with Gasteiger partial charge in [0.15, 0.2) is 0 Å². The normalized spacial score (nSPS) is 12.1. The van der Waals surface area contributed by atoms with Crippen molar-refractivity contribution < 1.29 is 0 Å². The largest absolute Gasteiger partial charge is 0.396 e. The lowest BCUT2D eigenvalue weighted by molar-refractivity contribution is 0.831. The van der Waals surface area contributed by atoms with Gasteiger partial charge in [-0.05, 0) is 38.1 Å². The molecule has 0 radical (unpaired) electrons. The quantitative estimate of drug-likeness (QED) is 0.847. The molecule has 4 nitrogen and oxygen atoms in total. The SMILES string of the molecule is Cc1ccc(N)c(NC(C)c2ccccn2)n1. The zero-order valence-corrected chi connectivity index (χ0v) is 10.0. The van der Waals surface area contributed by atoms with E-state index >= 15 is 0 Å². The molecular weight excluding hydrogens is 212 g/mol. The summed E-state index contributed by atoms with van der Waals surface area (Å²) in [6.07, 6.45) is 1.78. The zero-order chi connectivity index (χ0) is 12.3. The Morgan fingerprint density at radius 1 is 1.24 bits per heavy atom. The van der Waals surface area contributed by atoms with Crippen LogP contribution in [-0.4, -0.2) is 9.97 Å². The van der Waals surface area contributed by atoms with E-state index in [4.69, 9.17) is 5.73 Å². The second-order valence-electron chi connectivity index (χ2n) is 4.01.